The molecular weight excluding hydrogens is 314 g/mol. The van der Waals surface area contributed by atoms with Gasteiger partial charge in [-0.15, -0.1) is 0 Å². The smallest absolute Gasteiger partial charge is 0.105 e. The van der Waals surface area contributed by atoms with Gasteiger partial charge in [-0.25, -0.2) is 0 Å². The van der Waals surface area contributed by atoms with E-state index in [0.717, 1.165) is 22.4 Å². The molecule has 1 heterocycles. The lowest BCUT2D eigenvalue weighted by Gasteiger charge is -2.20. The van der Waals surface area contributed by atoms with E-state index in [-0.39, 0.29) is 0 Å². The van der Waals surface area contributed by atoms with Crippen molar-refractivity contribution in [2.24, 2.45) is 0 Å². The lowest BCUT2D eigenvalue weighted by atomic mass is 10.0. The van der Waals surface area contributed by atoms with E-state index in [2.05, 4.69) is 65.4 Å². The molecule has 1 aromatic heterocycles. The van der Waals surface area contributed by atoms with Crippen LogP contribution in [0.15, 0.2) is 39.2 Å². The van der Waals surface area contributed by atoms with Crippen molar-refractivity contribution in [1.82, 2.24) is 5.32 Å². The van der Waals surface area contributed by atoms with E-state index in [0.29, 0.717) is 12.1 Å². The molecule has 0 aliphatic heterocycles. The van der Waals surface area contributed by atoms with Crippen LogP contribution in [0.1, 0.15) is 42.5 Å². The molecule has 2 aromatic rings. The summed E-state index contributed by atoms with van der Waals surface area (Å²) < 4.78 is 6.73. The molecule has 0 saturated heterocycles. The Kier molecular flexibility index (Phi) is 5.06. The molecule has 3 heteroatoms. The number of furan rings is 1. The van der Waals surface area contributed by atoms with E-state index in [1.165, 1.54) is 11.1 Å². The Labute approximate surface area is 129 Å². The maximum atomic E-state index is 5.60. The van der Waals surface area contributed by atoms with Crippen LogP contribution in [0.2, 0.25) is 0 Å². The monoisotopic (exact) mass is 335 g/mol. The molecule has 0 radical (unpaired) electrons. The molecule has 0 amide bonds. The van der Waals surface area contributed by atoms with Gasteiger partial charge in [-0.1, -0.05) is 28.1 Å². The van der Waals surface area contributed by atoms with E-state index < -0.39 is 0 Å². The van der Waals surface area contributed by atoms with Crippen LogP contribution < -0.4 is 5.32 Å². The molecule has 2 atom stereocenters. The largest absolute Gasteiger partial charge is 0.466 e. The SMILES string of the molecule is Cc1cc(C(C)NC(C)Cc2ccc(Br)cc2)c(C)o1. The summed E-state index contributed by atoms with van der Waals surface area (Å²) in [6, 6.07) is 11.4. The number of aryl methyl sites for hydroxylation is 2. The van der Waals surface area contributed by atoms with E-state index in [9.17, 15) is 0 Å². The zero-order valence-electron chi connectivity index (χ0n) is 12.5. The zero-order chi connectivity index (χ0) is 14.7. The van der Waals surface area contributed by atoms with Gasteiger partial charge in [-0.05, 0) is 57.9 Å². The second-order valence-corrected chi connectivity index (χ2v) is 6.40. The van der Waals surface area contributed by atoms with Crippen molar-refractivity contribution in [3.63, 3.8) is 0 Å². The Morgan fingerprint density at radius 3 is 2.35 bits per heavy atom. The van der Waals surface area contributed by atoms with Gasteiger partial charge >= 0.3 is 0 Å². The minimum atomic E-state index is 0.304. The topological polar surface area (TPSA) is 25.2 Å². The minimum Gasteiger partial charge on any atom is -0.466 e. The van der Waals surface area contributed by atoms with Gasteiger partial charge in [0.1, 0.15) is 11.5 Å². The van der Waals surface area contributed by atoms with Crippen LogP contribution in [0.3, 0.4) is 0 Å². The second kappa shape index (κ2) is 6.59. The minimum absolute atomic E-state index is 0.304. The molecule has 20 heavy (non-hydrogen) atoms. The van der Waals surface area contributed by atoms with Crippen LogP contribution in [-0.2, 0) is 6.42 Å². The average Bonchev–Trinajstić information content (AvgIpc) is 2.71. The van der Waals surface area contributed by atoms with E-state index in [4.69, 9.17) is 4.42 Å². The zero-order valence-corrected chi connectivity index (χ0v) is 14.1. The Balaban J connectivity index is 1.95. The molecule has 2 rings (SSSR count). The molecule has 2 unspecified atom stereocenters. The van der Waals surface area contributed by atoms with Gasteiger partial charge in [0.2, 0.25) is 0 Å². The predicted octanol–water partition coefficient (Wildman–Crippen LogP) is 4.94. The normalized spacial score (nSPS) is 14.2. The Morgan fingerprint density at radius 2 is 1.80 bits per heavy atom. The van der Waals surface area contributed by atoms with Crippen LogP contribution >= 0.6 is 15.9 Å². The van der Waals surface area contributed by atoms with Gasteiger partial charge in [0, 0.05) is 22.1 Å². The fourth-order valence-electron chi connectivity index (χ4n) is 2.63. The van der Waals surface area contributed by atoms with Crippen molar-refractivity contribution in [3.8, 4) is 0 Å². The number of rotatable bonds is 5. The number of benzene rings is 1. The highest BCUT2D eigenvalue weighted by Crippen LogP contribution is 2.22. The summed E-state index contributed by atoms with van der Waals surface area (Å²) in [6.45, 7) is 8.44. The summed E-state index contributed by atoms with van der Waals surface area (Å²) >= 11 is 3.47. The van der Waals surface area contributed by atoms with Gasteiger partial charge in [-0.2, -0.15) is 0 Å². The first-order valence-corrected chi connectivity index (χ1v) is 7.82. The van der Waals surface area contributed by atoms with Crippen LogP contribution in [0, 0.1) is 13.8 Å². The lowest BCUT2D eigenvalue weighted by molar-refractivity contribution is 0.459. The summed E-state index contributed by atoms with van der Waals surface area (Å²) in [5.41, 5.74) is 2.60. The number of halogens is 1. The van der Waals surface area contributed by atoms with Gasteiger partial charge in [0.15, 0.2) is 0 Å². The van der Waals surface area contributed by atoms with Crippen LogP contribution in [0.5, 0.6) is 0 Å². The molecule has 108 valence electrons. The molecule has 0 aliphatic rings. The number of nitrogens with one attached hydrogen (secondary N) is 1. The average molecular weight is 336 g/mol. The Hall–Kier alpha value is -1.06. The number of hydrogen-bond donors (Lipinski definition) is 1. The fourth-order valence-corrected chi connectivity index (χ4v) is 2.89. The van der Waals surface area contributed by atoms with Crippen molar-refractivity contribution in [3.05, 3.63) is 57.5 Å². The summed E-state index contributed by atoms with van der Waals surface area (Å²) in [7, 11) is 0. The Morgan fingerprint density at radius 1 is 1.15 bits per heavy atom. The number of hydrogen-bond acceptors (Lipinski definition) is 2. The van der Waals surface area contributed by atoms with Crippen molar-refractivity contribution < 1.29 is 4.42 Å². The molecule has 1 N–H and O–H groups in total. The standard InChI is InChI=1S/C17H22BrNO/c1-11(9-15-5-7-16(18)8-6-15)19-13(3)17-10-12(2)20-14(17)4/h5-8,10-11,13,19H,9H2,1-4H3. The van der Waals surface area contributed by atoms with Crippen molar-refractivity contribution in [2.45, 2.75) is 46.2 Å². The van der Waals surface area contributed by atoms with Gasteiger partial charge in [0.05, 0.1) is 0 Å². The summed E-state index contributed by atoms with van der Waals surface area (Å²) in [5, 5.41) is 3.64. The predicted molar refractivity (Wildman–Crippen MR) is 87.0 cm³/mol. The molecule has 0 spiro atoms. The van der Waals surface area contributed by atoms with Gasteiger partial charge in [-0.3, -0.25) is 0 Å². The van der Waals surface area contributed by atoms with Crippen LogP contribution in [0.4, 0.5) is 0 Å². The molecule has 0 bridgehead atoms. The highest BCUT2D eigenvalue weighted by Gasteiger charge is 2.15. The molecule has 0 saturated carbocycles. The molecule has 1 aromatic carbocycles. The Bertz CT molecular complexity index is 559. The van der Waals surface area contributed by atoms with Crippen molar-refractivity contribution >= 4 is 15.9 Å². The highest BCUT2D eigenvalue weighted by atomic mass is 79.9. The highest BCUT2D eigenvalue weighted by molar-refractivity contribution is 9.10. The van der Waals surface area contributed by atoms with Crippen LogP contribution in [0.25, 0.3) is 0 Å². The summed E-state index contributed by atoms with van der Waals surface area (Å²) in [5.74, 6) is 1.99. The maximum absolute atomic E-state index is 5.60. The molecule has 2 nitrogen and oxygen atoms in total. The molecule has 0 aliphatic carbocycles. The van der Waals surface area contributed by atoms with Crippen molar-refractivity contribution in [2.75, 3.05) is 0 Å². The van der Waals surface area contributed by atoms with E-state index in [1.807, 2.05) is 13.8 Å². The first-order valence-electron chi connectivity index (χ1n) is 7.03. The van der Waals surface area contributed by atoms with E-state index >= 15 is 0 Å². The third kappa shape index (κ3) is 3.97. The van der Waals surface area contributed by atoms with Crippen molar-refractivity contribution in [1.29, 1.82) is 0 Å². The second-order valence-electron chi connectivity index (χ2n) is 5.49. The quantitative estimate of drug-likeness (QED) is 0.836. The van der Waals surface area contributed by atoms with Gasteiger partial charge in [0.25, 0.3) is 0 Å². The third-order valence-electron chi connectivity index (χ3n) is 3.54. The van der Waals surface area contributed by atoms with E-state index in [1.54, 1.807) is 0 Å². The molecular formula is C17H22BrNO. The first-order chi connectivity index (χ1) is 9.45. The van der Waals surface area contributed by atoms with Crippen LogP contribution in [-0.4, -0.2) is 6.04 Å². The first kappa shape index (κ1) is 15.3. The summed E-state index contributed by atoms with van der Waals surface area (Å²) in [4.78, 5) is 0. The lowest BCUT2D eigenvalue weighted by Crippen LogP contribution is -2.30. The summed E-state index contributed by atoms with van der Waals surface area (Å²) in [6.07, 6.45) is 1.02. The van der Waals surface area contributed by atoms with Gasteiger partial charge < -0.3 is 9.73 Å². The molecule has 0 fully saturated rings. The maximum Gasteiger partial charge on any atom is 0.105 e. The third-order valence-corrected chi connectivity index (χ3v) is 4.06. The fraction of sp³-hybridized carbons (Fsp3) is 0.412.